The second-order valence-electron chi connectivity index (χ2n) is 3.89. The van der Waals surface area contributed by atoms with Gasteiger partial charge in [-0.25, -0.2) is 0 Å². The summed E-state index contributed by atoms with van der Waals surface area (Å²) in [7, 11) is 0. The van der Waals surface area contributed by atoms with E-state index in [2.05, 4.69) is 6.92 Å². The van der Waals surface area contributed by atoms with Gasteiger partial charge >= 0.3 is 0 Å². The molecule has 2 heteroatoms. The molecule has 1 rings (SSSR count). The predicted molar refractivity (Wildman–Crippen MR) is 53.6 cm³/mol. The van der Waals surface area contributed by atoms with Gasteiger partial charge in [0.05, 0.1) is 11.9 Å². The Morgan fingerprint density at radius 1 is 1.38 bits per heavy atom. The summed E-state index contributed by atoms with van der Waals surface area (Å²) >= 11 is 0. The largest absolute Gasteiger partial charge is 0.499 e. The van der Waals surface area contributed by atoms with Crippen LogP contribution in [-0.2, 0) is 9.47 Å². The summed E-state index contributed by atoms with van der Waals surface area (Å²) < 4.78 is 11.2. The van der Waals surface area contributed by atoms with E-state index in [1.165, 1.54) is 19.3 Å². The van der Waals surface area contributed by atoms with E-state index in [-0.39, 0.29) is 5.60 Å². The molecule has 0 aromatic heterocycles. The fraction of sp³-hybridized carbons (Fsp3) is 0.818. The number of allylic oxidation sites excluding steroid dienone is 1. The van der Waals surface area contributed by atoms with Crippen molar-refractivity contribution in [1.82, 2.24) is 0 Å². The van der Waals surface area contributed by atoms with Crippen molar-refractivity contribution in [2.24, 2.45) is 0 Å². The molecule has 1 atom stereocenters. The van der Waals surface area contributed by atoms with Gasteiger partial charge in [0, 0.05) is 6.61 Å². The minimum Gasteiger partial charge on any atom is -0.499 e. The predicted octanol–water partition coefficient (Wildman–Crippen LogP) is 2.89. The van der Waals surface area contributed by atoms with Crippen molar-refractivity contribution in [1.29, 1.82) is 0 Å². The van der Waals surface area contributed by atoms with Crippen molar-refractivity contribution in [3.63, 3.8) is 0 Å². The number of hydrogen-bond acceptors (Lipinski definition) is 2. The van der Waals surface area contributed by atoms with Gasteiger partial charge in [0.2, 0.25) is 0 Å². The first kappa shape index (κ1) is 10.6. The maximum atomic E-state index is 5.78. The summed E-state index contributed by atoms with van der Waals surface area (Å²) in [6, 6.07) is 0. The van der Waals surface area contributed by atoms with Gasteiger partial charge < -0.3 is 9.47 Å². The summed E-state index contributed by atoms with van der Waals surface area (Å²) in [6.45, 7) is 5.66. The molecule has 1 saturated heterocycles. The van der Waals surface area contributed by atoms with Crippen LogP contribution in [-0.4, -0.2) is 18.8 Å². The fourth-order valence-corrected chi connectivity index (χ4v) is 1.60. The normalized spacial score (nSPS) is 30.3. The Balaban J connectivity index is 2.33. The summed E-state index contributed by atoms with van der Waals surface area (Å²) in [4.78, 5) is 0. The van der Waals surface area contributed by atoms with Crippen molar-refractivity contribution >= 4 is 0 Å². The van der Waals surface area contributed by atoms with Crippen LogP contribution in [0, 0.1) is 0 Å². The standard InChI is InChI=1S/C11H20O2/c1-3-8-12-10-11(2)7-5-4-6-9-13-11/h3,8H,4-7,9-10H2,1-2H3/b8-3+. The van der Waals surface area contributed by atoms with E-state index < -0.39 is 0 Å². The number of hydrogen-bond donors (Lipinski definition) is 0. The first-order chi connectivity index (χ1) is 6.27. The zero-order chi connectivity index (χ0) is 9.57. The Hall–Kier alpha value is -0.500. The van der Waals surface area contributed by atoms with Gasteiger partial charge in [-0.15, -0.1) is 0 Å². The van der Waals surface area contributed by atoms with E-state index in [9.17, 15) is 0 Å². The highest BCUT2D eigenvalue weighted by Crippen LogP contribution is 2.23. The van der Waals surface area contributed by atoms with Crippen molar-refractivity contribution < 1.29 is 9.47 Å². The monoisotopic (exact) mass is 184 g/mol. The maximum absolute atomic E-state index is 5.78. The van der Waals surface area contributed by atoms with E-state index in [0.29, 0.717) is 6.61 Å². The van der Waals surface area contributed by atoms with Gasteiger partial charge in [-0.3, -0.25) is 0 Å². The van der Waals surface area contributed by atoms with Crippen LogP contribution in [0.15, 0.2) is 12.3 Å². The molecule has 1 aliphatic rings. The molecule has 0 aliphatic carbocycles. The molecule has 2 nitrogen and oxygen atoms in total. The van der Waals surface area contributed by atoms with Crippen LogP contribution in [0.3, 0.4) is 0 Å². The average molecular weight is 184 g/mol. The minimum atomic E-state index is -0.0595. The first-order valence-corrected chi connectivity index (χ1v) is 5.13. The second kappa shape index (κ2) is 5.28. The summed E-state index contributed by atoms with van der Waals surface area (Å²) in [5.41, 5.74) is -0.0595. The lowest BCUT2D eigenvalue weighted by atomic mass is 10.0. The lowest BCUT2D eigenvalue weighted by molar-refractivity contribution is -0.0669. The molecule has 0 spiro atoms. The van der Waals surface area contributed by atoms with E-state index in [1.54, 1.807) is 6.26 Å². The van der Waals surface area contributed by atoms with Crippen LogP contribution in [0.2, 0.25) is 0 Å². The van der Waals surface area contributed by atoms with Crippen molar-refractivity contribution in [3.05, 3.63) is 12.3 Å². The molecule has 0 radical (unpaired) electrons. The van der Waals surface area contributed by atoms with E-state index >= 15 is 0 Å². The highest BCUT2D eigenvalue weighted by molar-refractivity contribution is 4.78. The smallest absolute Gasteiger partial charge is 0.116 e. The van der Waals surface area contributed by atoms with E-state index in [0.717, 1.165) is 13.0 Å². The van der Waals surface area contributed by atoms with Gasteiger partial charge in [0.25, 0.3) is 0 Å². The zero-order valence-corrected chi connectivity index (χ0v) is 8.71. The van der Waals surface area contributed by atoms with Crippen LogP contribution >= 0.6 is 0 Å². The third-order valence-corrected chi connectivity index (χ3v) is 2.42. The molecule has 0 aromatic carbocycles. The maximum Gasteiger partial charge on any atom is 0.116 e. The molecule has 0 saturated carbocycles. The van der Waals surface area contributed by atoms with Crippen molar-refractivity contribution in [2.45, 2.75) is 45.1 Å². The quantitative estimate of drug-likeness (QED) is 0.628. The van der Waals surface area contributed by atoms with Gasteiger partial charge in [-0.05, 0) is 26.7 Å². The first-order valence-electron chi connectivity index (χ1n) is 5.13. The third kappa shape index (κ3) is 3.81. The highest BCUT2D eigenvalue weighted by atomic mass is 16.5. The molecule has 0 N–H and O–H groups in total. The Bertz CT molecular complexity index is 155. The molecule has 76 valence electrons. The zero-order valence-electron chi connectivity index (χ0n) is 8.71. The lowest BCUT2D eigenvalue weighted by Crippen LogP contribution is -2.33. The Kier molecular flexibility index (Phi) is 4.29. The molecule has 13 heavy (non-hydrogen) atoms. The third-order valence-electron chi connectivity index (χ3n) is 2.42. The molecule has 1 aliphatic heterocycles. The van der Waals surface area contributed by atoms with Gasteiger partial charge in [-0.2, -0.15) is 0 Å². The highest BCUT2D eigenvalue weighted by Gasteiger charge is 2.26. The average Bonchev–Trinajstić information content (AvgIpc) is 2.31. The van der Waals surface area contributed by atoms with E-state index in [1.807, 2.05) is 13.0 Å². The van der Waals surface area contributed by atoms with E-state index in [4.69, 9.17) is 9.47 Å². The lowest BCUT2D eigenvalue weighted by Gasteiger charge is -2.27. The Morgan fingerprint density at radius 2 is 2.23 bits per heavy atom. The van der Waals surface area contributed by atoms with Crippen LogP contribution in [0.4, 0.5) is 0 Å². The molecule has 1 unspecified atom stereocenters. The summed E-state index contributed by atoms with van der Waals surface area (Å²) in [5, 5.41) is 0. The molecule has 1 fully saturated rings. The Labute approximate surface area is 80.9 Å². The second-order valence-corrected chi connectivity index (χ2v) is 3.89. The summed E-state index contributed by atoms with van der Waals surface area (Å²) in [5.74, 6) is 0. The van der Waals surface area contributed by atoms with Crippen molar-refractivity contribution in [3.8, 4) is 0 Å². The molecular weight excluding hydrogens is 164 g/mol. The van der Waals surface area contributed by atoms with Crippen molar-refractivity contribution in [2.75, 3.05) is 13.2 Å². The number of ether oxygens (including phenoxy) is 2. The fourth-order valence-electron chi connectivity index (χ4n) is 1.60. The van der Waals surface area contributed by atoms with Gasteiger partial charge in [-0.1, -0.05) is 18.9 Å². The van der Waals surface area contributed by atoms with Crippen LogP contribution < -0.4 is 0 Å². The van der Waals surface area contributed by atoms with Crippen LogP contribution in [0.25, 0.3) is 0 Å². The van der Waals surface area contributed by atoms with Crippen LogP contribution in [0.1, 0.15) is 39.5 Å². The van der Waals surface area contributed by atoms with Crippen LogP contribution in [0.5, 0.6) is 0 Å². The molecule has 0 amide bonds. The summed E-state index contributed by atoms with van der Waals surface area (Å²) in [6.07, 6.45) is 8.50. The molecule has 0 aromatic rings. The molecule has 1 heterocycles. The molecule has 0 bridgehead atoms. The SMILES string of the molecule is C/C=C/OCC1(C)CCCCCO1. The topological polar surface area (TPSA) is 18.5 Å². The molecular formula is C11H20O2. The minimum absolute atomic E-state index is 0.0595. The van der Waals surface area contributed by atoms with Gasteiger partial charge in [0.15, 0.2) is 0 Å². The number of rotatable bonds is 3. The van der Waals surface area contributed by atoms with Gasteiger partial charge in [0.1, 0.15) is 6.61 Å². The Morgan fingerprint density at radius 3 is 3.00 bits per heavy atom.